The van der Waals surface area contributed by atoms with E-state index in [9.17, 15) is 4.79 Å². The van der Waals surface area contributed by atoms with Gasteiger partial charge in [0.2, 0.25) is 0 Å². The molecule has 3 aromatic rings. The van der Waals surface area contributed by atoms with Gasteiger partial charge in [0.15, 0.2) is 0 Å². The van der Waals surface area contributed by atoms with E-state index < -0.39 is 0 Å². The van der Waals surface area contributed by atoms with Gasteiger partial charge in [-0.1, -0.05) is 62.4 Å². The lowest BCUT2D eigenvalue weighted by molar-refractivity contribution is 0.0948. The van der Waals surface area contributed by atoms with Crippen LogP contribution in [-0.2, 0) is 13.1 Å². The van der Waals surface area contributed by atoms with Crippen molar-refractivity contribution in [2.45, 2.75) is 65.5 Å². The molecule has 0 aliphatic carbocycles. The van der Waals surface area contributed by atoms with Gasteiger partial charge in [0.1, 0.15) is 0 Å². The molecule has 178 valence electrons. The Morgan fingerprint density at radius 2 is 1.71 bits per heavy atom. The molecule has 0 bridgehead atoms. The Morgan fingerprint density at radius 3 is 2.38 bits per heavy atom. The van der Waals surface area contributed by atoms with Gasteiger partial charge in [-0.3, -0.25) is 14.7 Å². The summed E-state index contributed by atoms with van der Waals surface area (Å²) in [7, 11) is 0. The Morgan fingerprint density at radius 1 is 1.00 bits per heavy atom. The van der Waals surface area contributed by atoms with E-state index in [-0.39, 0.29) is 5.91 Å². The summed E-state index contributed by atoms with van der Waals surface area (Å²) in [6, 6.07) is 21.1. The second kappa shape index (κ2) is 11.0. The first-order valence-corrected chi connectivity index (χ1v) is 12.5. The zero-order valence-electron chi connectivity index (χ0n) is 21.0. The number of carbonyl (C=O) groups excluding carboxylic acids is 1. The lowest BCUT2D eigenvalue weighted by atomic mass is 9.89. The molecule has 34 heavy (non-hydrogen) atoms. The van der Waals surface area contributed by atoms with Crippen molar-refractivity contribution in [1.82, 2.24) is 15.2 Å². The molecule has 0 atom stereocenters. The summed E-state index contributed by atoms with van der Waals surface area (Å²) in [5, 5.41) is 3.12. The van der Waals surface area contributed by atoms with E-state index in [2.05, 4.69) is 67.4 Å². The van der Waals surface area contributed by atoms with Gasteiger partial charge in [-0.05, 0) is 80.1 Å². The van der Waals surface area contributed by atoms with Crippen LogP contribution >= 0.6 is 0 Å². The van der Waals surface area contributed by atoms with Crippen molar-refractivity contribution in [3.05, 3.63) is 99.9 Å². The Balaban J connectivity index is 1.39. The van der Waals surface area contributed by atoms with Gasteiger partial charge in [0, 0.05) is 24.7 Å². The van der Waals surface area contributed by atoms with Gasteiger partial charge in [-0.2, -0.15) is 0 Å². The van der Waals surface area contributed by atoms with Crippen LogP contribution in [0.1, 0.15) is 82.5 Å². The highest BCUT2D eigenvalue weighted by Gasteiger charge is 2.26. The van der Waals surface area contributed by atoms with E-state index in [1.807, 2.05) is 31.2 Å². The maximum absolute atomic E-state index is 13.1. The van der Waals surface area contributed by atoms with Gasteiger partial charge in [-0.25, -0.2) is 0 Å². The molecule has 1 fully saturated rings. The van der Waals surface area contributed by atoms with Gasteiger partial charge < -0.3 is 5.32 Å². The molecule has 4 heteroatoms. The van der Waals surface area contributed by atoms with E-state index >= 15 is 0 Å². The van der Waals surface area contributed by atoms with Crippen molar-refractivity contribution in [3.8, 4) is 0 Å². The summed E-state index contributed by atoms with van der Waals surface area (Å²) in [4.78, 5) is 20.5. The summed E-state index contributed by atoms with van der Waals surface area (Å²) < 4.78 is 0. The normalized spacial score (nSPS) is 15.0. The van der Waals surface area contributed by atoms with Crippen molar-refractivity contribution < 1.29 is 4.79 Å². The van der Waals surface area contributed by atoms with Crippen LogP contribution in [0, 0.1) is 13.8 Å². The highest BCUT2D eigenvalue weighted by atomic mass is 16.1. The van der Waals surface area contributed by atoms with Crippen LogP contribution in [0.3, 0.4) is 0 Å². The standard InChI is InChI=1S/C30H37N3O/c1-21(2)25-12-10-24(11-13-25)20-33-17-15-26(16-18-33)29-28(14-9-23(4)32-29)30(34)31-19-27-8-6-5-7-22(27)3/h5-14,21,26H,15-20H2,1-4H3,(H,31,34). The van der Waals surface area contributed by atoms with E-state index in [1.54, 1.807) is 0 Å². The van der Waals surface area contributed by atoms with Crippen LogP contribution in [0.2, 0.25) is 0 Å². The van der Waals surface area contributed by atoms with E-state index in [0.29, 0.717) is 18.4 Å². The zero-order chi connectivity index (χ0) is 24.1. The van der Waals surface area contributed by atoms with Crippen LogP contribution < -0.4 is 5.32 Å². The Kier molecular flexibility index (Phi) is 7.79. The van der Waals surface area contributed by atoms with Gasteiger partial charge in [-0.15, -0.1) is 0 Å². The Hall–Kier alpha value is -2.98. The number of likely N-dealkylation sites (tertiary alicyclic amines) is 1. The molecule has 2 aromatic carbocycles. The van der Waals surface area contributed by atoms with Crippen molar-refractivity contribution in [2.75, 3.05) is 13.1 Å². The maximum Gasteiger partial charge on any atom is 0.253 e. The average Bonchev–Trinajstić information content (AvgIpc) is 2.84. The molecule has 4 nitrogen and oxygen atoms in total. The number of aromatic nitrogens is 1. The summed E-state index contributed by atoms with van der Waals surface area (Å²) >= 11 is 0. The summed E-state index contributed by atoms with van der Waals surface area (Å²) in [6.45, 7) is 12.1. The first-order valence-electron chi connectivity index (χ1n) is 12.5. The molecule has 1 aliphatic rings. The molecule has 1 N–H and O–H groups in total. The number of pyridine rings is 1. The molecule has 0 radical (unpaired) electrons. The Labute approximate surface area is 204 Å². The third kappa shape index (κ3) is 5.92. The predicted octanol–water partition coefficient (Wildman–Crippen LogP) is 6.13. The smallest absolute Gasteiger partial charge is 0.253 e. The van der Waals surface area contributed by atoms with E-state index in [4.69, 9.17) is 4.98 Å². The van der Waals surface area contributed by atoms with Crippen LogP contribution in [0.15, 0.2) is 60.7 Å². The molecule has 0 spiro atoms. The van der Waals surface area contributed by atoms with E-state index in [1.165, 1.54) is 16.7 Å². The minimum absolute atomic E-state index is 0.0292. The molecule has 1 saturated heterocycles. The van der Waals surface area contributed by atoms with Gasteiger partial charge in [0.05, 0.1) is 11.3 Å². The third-order valence-electron chi connectivity index (χ3n) is 7.04. The SMILES string of the molecule is Cc1ccc(C(=O)NCc2ccccc2C)c(C2CCN(Cc3ccc(C(C)C)cc3)CC2)n1. The number of hydrogen-bond donors (Lipinski definition) is 1. The van der Waals surface area contributed by atoms with Crippen molar-refractivity contribution in [1.29, 1.82) is 0 Å². The lowest BCUT2D eigenvalue weighted by Crippen LogP contribution is -2.34. The highest BCUT2D eigenvalue weighted by Crippen LogP contribution is 2.30. The number of aryl methyl sites for hydroxylation is 2. The number of nitrogens with one attached hydrogen (secondary N) is 1. The fourth-order valence-electron chi connectivity index (χ4n) is 4.79. The predicted molar refractivity (Wildman–Crippen MR) is 139 cm³/mol. The number of carbonyl (C=O) groups is 1. The second-order valence-electron chi connectivity index (χ2n) is 9.94. The fraction of sp³-hybridized carbons (Fsp3) is 0.400. The van der Waals surface area contributed by atoms with Crippen LogP contribution in [0.25, 0.3) is 0 Å². The molecule has 1 aliphatic heterocycles. The molecular weight excluding hydrogens is 418 g/mol. The van der Waals surface area contributed by atoms with E-state index in [0.717, 1.165) is 55.0 Å². The summed E-state index contributed by atoms with van der Waals surface area (Å²) in [5.41, 5.74) is 7.75. The summed E-state index contributed by atoms with van der Waals surface area (Å²) in [5.74, 6) is 0.854. The van der Waals surface area contributed by atoms with Gasteiger partial charge >= 0.3 is 0 Å². The number of rotatable bonds is 7. The fourth-order valence-corrected chi connectivity index (χ4v) is 4.79. The zero-order valence-corrected chi connectivity index (χ0v) is 21.0. The summed E-state index contributed by atoms with van der Waals surface area (Å²) in [6.07, 6.45) is 2.05. The minimum atomic E-state index is -0.0292. The molecule has 2 heterocycles. The molecule has 0 unspecified atom stereocenters. The van der Waals surface area contributed by atoms with Crippen LogP contribution in [-0.4, -0.2) is 28.9 Å². The van der Waals surface area contributed by atoms with Crippen LogP contribution in [0.4, 0.5) is 0 Å². The first-order chi connectivity index (χ1) is 16.4. The lowest BCUT2D eigenvalue weighted by Gasteiger charge is -2.32. The first kappa shape index (κ1) is 24.2. The highest BCUT2D eigenvalue weighted by molar-refractivity contribution is 5.95. The van der Waals surface area contributed by atoms with Gasteiger partial charge in [0.25, 0.3) is 5.91 Å². The molecule has 0 saturated carbocycles. The number of amides is 1. The number of nitrogens with zero attached hydrogens (tertiary/aromatic N) is 2. The largest absolute Gasteiger partial charge is 0.348 e. The molecule has 1 aromatic heterocycles. The number of piperidine rings is 1. The van der Waals surface area contributed by atoms with Crippen molar-refractivity contribution >= 4 is 5.91 Å². The van der Waals surface area contributed by atoms with Crippen LogP contribution in [0.5, 0.6) is 0 Å². The van der Waals surface area contributed by atoms with Crippen molar-refractivity contribution in [3.63, 3.8) is 0 Å². The number of benzene rings is 2. The maximum atomic E-state index is 13.1. The third-order valence-corrected chi connectivity index (χ3v) is 7.04. The molecular formula is C30H37N3O. The Bertz CT molecular complexity index is 1110. The number of hydrogen-bond acceptors (Lipinski definition) is 3. The topological polar surface area (TPSA) is 45.2 Å². The second-order valence-corrected chi connectivity index (χ2v) is 9.94. The van der Waals surface area contributed by atoms with Crippen molar-refractivity contribution in [2.24, 2.45) is 0 Å². The molecule has 1 amide bonds. The average molecular weight is 456 g/mol. The quantitative estimate of drug-likeness (QED) is 0.466. The minimum Gasteiger partial charge on any atom is -0.348 e. The molecule has 4 rings (SSSR count). The monoisotopic (exact) mass is 455 g/mol.